The Morgan fingerprint density at radius 3 is 2.62 bits per heavy atom. The summed E-state index contributed by atoms with van der Waals surface area (Å²) < 4.78 is 10.9. The molecule has 1 aliphatic heterocycles. The molecule has 1 heterocycles. The predicted octanol–water partition coefficient (Wildman–Crippen LogP) is 2.76. The third kappa shape index (κ3) is 4.63. The van der Waals surface area contributed by atoms with Gasteiger partial charge >= 0.3 is 0 Å². The Labute approximate surface area is 81.6 Å². The molecule has 0 spiro atoms. The lowest BCUT2D eigenvalue weighted by Gasteiger charge is -1.98. The van der Waals surface area contributed by atoms with E-state index in [1.807, 2.05) is 0 Å². The normalized spacial score (nSPS) is 26.3. The fourth-order valence-corrected chi connectivity index (χ4v) is 1.52. The first-order valence-corrected chi connectivity index (χ1v) is 5.61. The molecule has 2 atom stereocenters. The number of hydrogen-bond donors (Lipinski definition) is 0. The first kappa shape index (κ1) is 11.0. The first-order chi connectivity index (χ1) is 6.38. The third-order valence-electron chi connectivity index (χ3n) is 2.41. The average Bonchev–Trinajstić information content (AvgIpc) is 2.85. The minimum Gasteiger partial charge on any atom is -0.379 e. The van der Waals surface area contributed by atoms with Crippen molar-refractivity contribution < 1.29 is 9.47 Å². The monoisotopic (exact) mass is 186 g/mol. The largest absolute Gasteiger partial charge is 0.379 e. The molecule has 13 heavy (non-hydrogen) atoms. The molecular formula is C11H22O2. The van der Waals surface area contributed by atoms with E-state index in [1.165, 1.54) is 25.7 Å². The van der Waals surface area contributed by atoms with Gasteiger partial charge in [-0.3, -0.25) is 0 Å². The summed E-state index contributed by atoms with van der Waals surface area (Å²) in [6, 6.07) is 0. The molecule has 0 aromatic carbocycles. The summed E-state index contributed by atoms with van der Waals surface area (Å²) in [7, 11) is 0. The van der Waals surface area contributed by atoms with Crippen molar-refractivity contribution >= 4 is 0 Å². The topological polar surface area (TPSA) is 21.8 Å². The van der Waals surface area contributed by atoms with Crippen molar-refractivity contribution in [3.8, 4) is 0 Å². The summed E-state index contributed by atoms with van der Waals surface area (Å²) in [5.41, 5.74) is 0. The third-order valence-corrected chi connectivity index (χ3v) is 2.41. The number of hydrogen-bond acceptors (Lipinski definition) is 2. The highest BCUT2D eigenvalue weighted by atomic mass is 16.6. The lowest BCUT2D eigenvalue weighted by Crippen LogP contribution is -2.05. The Balaban J connectivity index is 1.85. The van der Waals surface area contributed by atoms with E-state index in [1.54, 1.807) is 0 Å². The van der Waals surface area contributed by atoms with Crippen LogP contribution < -0.4 is 0 Å². The van der Waals surface area contributed by atoms with Crippen molar-refractivity contribution in [1.82, 2.24) is 0 Å². The zero-order valence-corrected chi connectivity index (χ0v) is 8.92. The second-order valence-corrected chi connectivity index (χ2v) is 3.78. The van der Waals surface area contributed by atoms with Crippen LogP contribution in [0.5, 0.6) is 0 Å². The SMILES string of the molecule is CCCCCC1OC1COCCC. The van der Waals surface area contributed by atoms with Gasteiger partial charge < -0.3 is 9.47 Å². The van der Waals surface area contributed by atoms with E-state index in [0.29, 0.717) is 12.2 Å². The van der Waals surface area contributed by atoms with Crippen LogP contribution in [0.3, 0.4) is 0 Å². The molecular weight excluding hydrogens is 164 g/mol. The molecule has 2 nitrogen and oxygen atoms in total. The molecule has 0 aromatic heterocycles. The van der Waals surface area contributed by atoms with Crippen molar-refractivity contribution in [3.05, 3.63) is 0 Å². The number of unbranched alkanes of at least 4 members (excludes halogenated alkanes) is 2. The van der Waals surface area contributed by atoms with E-state index in [-0.39, 0.29) is 0 Å². The maximum atomic E-state index is 5.49. The average molecular weight is 186 g/mol. The number of ether oxygens (including phenoxy) is 2. The zero-order chi connectivity index (χ0) is 9.52. The van der Waals surface area contributed by atoms with Crippen LogP contribution in [0.15, 0.2) is 0 Å². The molecule has 0 N–H and O–H groups in total. The van der Waals surface area contributed by atoms with Gasteiger partial charge in [-0.05, 0) is 12.8 Å². The van der Waals surface area contributed by atoms with Crippen LogP contribution in [0.2, 0.25) is 0 Å². The molecule has 0 saturated carbocycles. The number of epoxide rings is 1. The van der Waals surface area contributed by atoms with Crippen molar-refractivity contribution in [2.24, 2.45) is 0 Å². The van der Waals surface area contributed by atoms with Gasteiger partial charge in [-0.2, -0.15) is 0 Å². The smallest absolute Gasteiger partial charge is 0.107 e. The van der Waals surface area contributed by atoms with Crippen LogP contribution in [0, 0.1) is 0 Å². The van der Waals surface area contributed by atoms with E-state index in [0.717, 1.165) is 19.6 Å². The Kier molecular flexibility index (Phi) is 5.40. The van der Waals surface area contributed by atoms with Crippen LogP contribution in [0.25, 0.3) is 0 Å². The number of rotatable bonds is 8. The van der Waals surface area contributed by atoms with Gasteiger partial charge in [0, 0.05) is 6.61 Å². The van der Waals surface area contributed by atoms with Crippen LogP contribution in [-0.2, 0) is 9.47 Å². The molecule has 1 fully saturated rings. The van der Waals surface area contributed by atoms with Crippen molar-refractivity contribution in [2.45, 2.75) is 58.2 Å². The molecule has 1 aliphatic rings. The maximum Gasteiger partial charge on any atom is 0.107 e. The van der Waals surface area contributed by atoms with Gasteiger partial charge in [0.1, 0.15) is 6.10 Å². The summed E-state index contributed by atoms with van der Waals surface area (Å²) >= 11 is 0. The van der Waals surface area contributed by atoms with Crippen molar-refractivity contribution in [3.63, 3.8) is 0 Å². The maximum absolute atomic E-state index is 5.49. The van der Waals surface area contributed by atoms with E-state index in [9.17, 15) is 0 Å². The summed E-state index contributed by atoms with van der Waals surface area (Å²) in [6.45, 7) is 6.05. The predicted molar refractivity (Wildman–Crippen MR) is 53.9 cm³/mol. The summed E-state index contributed by atoms with van der Waals surface area (Å²) in [5.74, 6) is 0. The Morgan fingerprint density at radius 1 is 1.08 bits per heavy atom. The molecule has 0 aromatic rings. The fraction of sp³-hybridized carbons (Fsp3) is 1.00. The quantitative estimate of drug-likeness (QED) is 0.429. The lowest BCUT2D eigenvalue weighted by molar-refractivity contribution is 0.117. The second kappa shape index (κ2) is 6.39. The molecule has 1 rings (SSSR count). The van der Waals surface area contributed by atoms with Gasteiger partial charge in [0.25, 0.3) is 0 Å². The molecule has 2 heteroatoms. The highest BCUT2D eigenvalue weighted by Crippen LogP contribution is 2.27. The molecule has 0 aliphatic carbocycles. The van der Waals surface area contributed by atoms with Crippen molar-refractivity contribution in [1.29, 1.82) is 0 Å². The molecule has 2 unspecified atom stereocenters. The Bertz CT molecular complexity index is 111. The van der Waals surface area contributed by atoms with Gasteiger partial charge in [0.15, 0.2) is 0 Å². The van der Waals surface area contributed by atoms with Crippen LogP contribution in [0.4, 0.5) is 0 Å². The highest BCUT2D eigenvalue weighted by Gasteiger charge is 2.37. The van der Waals surface area contributed by atoms with Gasteiger partial charge in [-0.15, -0.1) is 0 Å². The van der Waals surface area contributed by atoms with E-state index >= 15 is 0 Å². The van der Waals surface area contributed by atoms with Gasteiger partial charge in [0.2, 0.25) is 0 Å². The highest BCUT2D eigenvalue weighted by molar-refractivity contribution is 4.84. The molecule has 0 radical (unpaired) electrons. The standard InChI is InChI=1S/C11H22O2/c1-3-5-6-7-10-11(13-10)9-12-8-4-2/h10-11H,3-9H2,1-2H3. The van der Waals surface area contributed by atoms with E-state index in [4.69, 9.17) is 9.47 Å². The lowest BCUT2D eigenvalue weighted by atomic mass is 10.1. The molecule has 0 amide bonds. The van der Waals surface area contributed by atoms with Gasteiger partial charge in [-0.1, -0.05) is 33.1 Å². The van der Waals surface area contributed by atoms with Crippen molar-refractivity contribution in [2.75, 3.05) is 13.2 Å². The minimum atomic E-state index is 0.420. The van der Waals surface area contributed by atoms with E-state index in [2.05, 4.69) is 13.8 Å². The molecule has 0 bridgehead atoms. The zero-order valence-electron chi connectivity index (χ0n) is 8.92. The van der Waals surface area contributed by atoms with Crippen LogP contribution in [-0.4, -0.2) is 25.4 Å². The Morgan fingerprint density at radius 2 is 1.92 bits per heavy atom. The first-order valence-electron chi connectivity index (χ1n) is 5.61. The van der Waals surface area contributed by atoms with Gasteiger partial charge in [-0.25, -0.2) is 0 Å². The summed E-state index contributed by atoms with van der Waals surface area (Å²) in [4.78, 5) is 0. The fourth-order valence-electron chi connectivity index (χ4n) is 1.52. The van der Waals surface area contributed by atoms with Crippen LogP contribution >= 0.6 is 0 Å². The van der Waals surface area contributed by atoms with Gasteiger partial charge in [0.05, 0.1) is 12.7 Å². The summed E-state index contributed by atoms with van der Waals surface area (Å²) in [5, 5.41) is 0. The minimum absolute atomic E-state index is 0.420. The second-order valence-electron chi connectivity index (χ2n) is 3.78. The Hall–Kier alpha value is -0.0800. The van der Waals surface area contributed by atoms with E-state index < -0.39 is 0 Å². The van der Waals surface area contributed by atoms with Crippen LogP contribution in [0.1, 0.15) is 46.0 Å². The molecule has 78 valence electrons. The summed E-state index contributed by atoms with van der Waals surface area (Å²) in [6.07, 6.45) is 7.21. The molecule has 1 saturated heterocycles.